The van der Waals surface area contributed by atoms with E-state index in [9.17, 15) is 4.79 Å². The topological polar surface area (TPSA) is 50.4 Å². The van der Waals surface area contributed by atoms with E-state index in [0.29, 0.717) is 6.04 Å². The van der Waals surface area contributed by atoms with Gasteiger partial charge >= 0.3 is 0 Å². The summed E-state index contributed by atoms with van der Waals surface area (Å²) in [6.07, 6.45) is 5.47. The lowest BCUT2D eigenvalue weighted by molar-refractivity contribution is -0.127. The summed E-state index contributed by atoms with van der Waals surface area (Å²) in [7, 11) is 0. The Morgan fingerprint density at radius 3 is 3.12 bits per heavy atom. The zero-order valence-electron chi connectivity index (χ0n) is 10.7. The minimum absolute atomic E-state index is 0.0725. The van der Waals surface area contributed by atoms with Gasteiger partial charge in [0.05, 0.1) is 12.0 Å². The molecule has 2 fully saturated rings. The number of ether oxygens (including phenoxy) is 1. The molecule has 4 heteroatoms. The van der Waals surface area contributed by atoms with Gasteiger partial charge < -0.3 is 15.4 Å². The van der Waals surface area contributed by atoms with Gasteiger partial charge in [0.15, 0.2) is 0 Å². The van der Waals surface area contributed by atoms with E-state index in [2.05, 4.69) is 17.6 Å². The SMILES string of the molecule is CCC1OCCC1C(=O)NC1CCCCNC1. The van der Waals surface area contributed by atoms with Crippen molar-refractivity contribution in [2.45, 2.75) is 51.2 Å². The highest BCUT2D eigenvalue weighted by Gasteiger charge is 2.33. The first-order valence-corrected chi connectivity index (χ1v) is 6.94. The highest BCUT2D eigenvalue weighted by molar-refractivity contribution is 5.79. The zero-order valence-corrected chi connectivity index (χ0v) is 10.7. The molecule has 0 aromatic carbocycles. The Kier molecular flexibility index (Phi) is 4.80. The molecule has 3 unspecified atom stereocenters. The highest BCUT2D eigenvalue weighted by atomic mass is 16.5. The summed E-state index contributed by atoms with van der Waals surface area (Å²) in [6, 6.07) is 0.308. The molecule has 17 heavy (non-hydrogen) atoms. The molecule has 2 N–H and O–H groups in total. The second-order valence-corrected chi connectivity index (χ2v) is 5.12. The van der Waals surface area contributed by atoms with Gasteiger partial charge in [0.25, 0.3) is 0 Å². The van der Waals surface area contributed by atoms with Crippen LogP contribution in [-0.2, 0) is 9.53 Å². The fraction of sp³-hybridized carbons (Fsp3) is 0.923. The van der Waals surface area contributed by atoms with Crippen molar-refractivity contribution in [2.75, 3.05) is 19.7 Å². The standard InChI is InChI=1S/C13H24N2O2/c1-2-12-11(6-8-17-12)13(16)15-10-5-3-4-7-14-9-10/h10-12,14H,2-9H2,1H3,(H,15,16). The van der Waals surface area contributed by atoms with Crippen LogP contribution in [-0.4, -0.2) is 37.7 Å². The zero-order chi connectivity index (χ0) is 12.1. The molecule has 0 spiro atoms. The van der Waals surface area contributed by atoms with Crippen LogP contribution < -0.4 is 10.6 Å². The molecule has 3 atom stereocenters. The number of carbonyl (C=O) groups excluding carboxylic acids is 1. The second kappa shape index (κ2) is 6.36. The Labute approximate surface area is 103 Å². The molecule has 0 radical (unpaired) electrons. The lowest BCUT2D eigenvalue weighted by Gasteiger charge is -2.21. The normalized spacial score (nSPS) is 34.3. The first kappa shape index (κ1) is 12.8. The molecule has 2 aliphatic heterocycles. The van der Waals surface area contributed by atoms with E-state index in [1.807, 2.05) is 0 Å². The molecule has 2 saturated heterocycles. The van der Waals surface area contributed by atoms with Gasteiger partial charge in [0.1, 0.15) is 0 Å². The van der Waals surface area contributed by atoms with Crippen molar-refractivity contribution in [3.05, 3.63) is 0 Å². The van der Waals surface area contributed by atoms with Crippen molar-refractivity contribution in [3.63, 3.8) is 0 Å². The molecule has 0 saturated carbocycles. The third-order valence-corrected chi connectivity index (χ3v) is 3.84. The van der Waals surface area contributed by atoms with E-state index in [-0.39, 0.29) is 17.9 Å². The van der Waals surface area contributed by atoms with Crippen LogP contribution in [0.15, 0.2) is 0 Å². The van der Waals surface area contributed by atoms with Gasteiger partial charge in [-0.25, -0.2) is 0 Å². The van der Waals surface area contributed by atoms with Crippen molar-refractivity contribution in [1.29, 1.82) is 0 Å². The van der Waals surface area contributed by atoms with Crippen LogP contribution in [0.3, 0.4) is 0 Å². The van der Waals surface area contributed by atoms with Crippen LogP contribution >= 0.6 is 0 Å². The summed E-state index contributed by atoms with van der Waals surface area (Å²) in [6.45, 7) is 4.82. The molecule has 2 rings (SSSR count). The second-order valence-electron chi connectivity index (χ2n) is 5.12. The monoisotopic (exact) mass is 240 g/mol. The smallest absolute Gasteiger partial charge is 0.226 e. The molecule has 0 aromatic rings. The molecule has 0 bridgehead atoms. The van der Waals surface area contributed by atoms with Crippen LogP contribution in [0.4, 0.5) is 0 Å². The Morgan fingerprint density at radius 2 is 2.29 bits per heavy atom. The molecule has 1 amide bonds. The molecule has 0 aliphatic carbocycles. The van der Waals surface area contributed by atoms with Crippen LogP contribution in [0, 0.1) is 5.92 Å². The minimum Gasteiger partial charge on any atom is -0.377 e. The van der Waals surface area contributed by atoms with Gasteiger partial charge in [0.2, 0.25) is 5.91 Å². The quantitative estimate of drug-likeness (QED) is 0.775. The van der Waals surface area contributed by atoms with Gasteiger partial charge in [-0.05, 0) is 32.2 Å². The Bertz CT molecular complexity index is 250. The van der Waals surface area contributed by atoms with E-state index < -0.39 is 0 Å². The van der Waals surface area contributed by atoms with E-state index in [4.69, 9.17) is 4.74 Å². The van der Waals surface area contributed by atoms with Crippen molar-refractivity contribution in [2.24, 2.45) is 5.92 Å². The first-order chi connectivity index (χ1) is 8.31. The van der Waals surface area contributed by atoms with Crippen molar-refractivity contribution in [1.82, 2.24) is 10.6 Å². The summed E-state index contributed by atoms with van der Waals surface area (Å²) in [5.74, 6) is 0.270. The molecule has 2 aliphatic rings. The first-order valence-electron chi connectivity index (χ1n) is 6.94. The van der Waals surface area contributed by atoms with Gasteiger partial charge in [-0.1, -0.05) is 13.3 Å². The van der Waals surface area contributed by atoms with Crippen LogP contribution in [0.5, 0.6) is 0 Å². The minimum atomic E-state index is 0.0725. The third kappa shape index (κ3) is 3.42. The molecule has 98 valence electrons. The molecular weight excluding hydrogens is 216 g/mol. The molecular formula is C13H24N2O2. The number of rotatable bonds is 3. The largest absolute Gasteiger partial charge is 0.377 e. The fourth-order valence-corrected chi connectivity index (χ4v) is 2.80. The highest BCUT2D eigenvalue weighted by Crippen LogP contribution is 2.23. The lowest BCUT2D eigenvalue weighted by Crippen LogP contribution is -2.45. The molecule has 0 aromatic heterocycles. The van der Waals surface area contributed by atoms with Crippen LogP contribution in [0.1, 0.15) is 39.0 Å². The number of hydrogen-bond donors (Lipinski definition) is 2. The van der Waals surface area contributed by atoms with E-state index >= 15 is 0 Å². The number of nitrogens with one attached hydrogen (secondary N) is 2. The van der Waals surface area contributed by atoms with Gasteiger partial charge in [0, 0.05) is 19.2 Å². The maximum Gasteiger partial charge on any atom is 0.226 e. The van der Waals surface area contributed by atoms with Gasteiger partial charge in [-0.2, -0.15) is 0 Å². The lowest BCUT2D eigenvalue weighted by atomic mass is 9.98. The van der Waals surface area contributed by atoms with E-state index in [1.165, 1.54) is 12.8 Å². The third-order valence-electron chi connectivity index (χ3n) is 3.84. The maximum absolute atomic E-state index is 12.2. The van der Waals surface area contributed by atoms with Crippen LogP contribution in [0.25, 0.3) is 0 Å². The average molecular weight is 240 g/mol. The van der Waals surface area contributed by atoms with Crippen LogP contribution in [0.2, 0.25) is 0 Å². The Morgan fingerprint density at radius 1 is 1.41 bits per heavy atom. The van der Waals surface area contributed by atoms with Crippen molar-refractivity contribution >= 4 is 5.91 Å². The number of carbonyl (C=O) groups is 1. The molecule has 4 nitrogen and oxygen atoms in total. The average Bonchev–Trinajstić information content (AvgIpc) is 2.68. The predicted molar refractivity (Wildman–Crippen MR) is 66.8 cm³/mol. The van der Waals surface area contributed by atoms with E-state index in [1.54, 1.807) is 0 Å². The van der Waals surface area contributed by atoms with Gasteiger partial charge in [-0.15, -0.1) is 0 Å². The summed E-state index contributed by atoms with van der Waals surface area (Å²) in [5.41, 5.74) is 0. The van der Waals surface area contributed by atoms with Crippen molar-refractivity contribution < 1.29 is 9.53 Å². The van der Waals surface area contributed by atoms with E-state index in [0.717, 1.165) is 39.0 Å². The fourth-order valence-electron chi connectivity index (χ4n) is 2.80. The summed E-state index contributed by atoms with van der Waals surface area (Å²) < 4.78 is 5.57. The Hall–Kier alpha value is -0.610. The number of hydrogen-bond acceptors (Lipinski definition) is 3. The maximum atomic E-state index is 12.2. The number of amides is 1. The Balaban J connectivity index is 1.82. The summed E-state index contributed by atoms with van der Waals surface area (Å²) in [5, 5.41) is 6.56. The van der Waals surface area contributed by atoms with Crippen molar-refractivity contribution in [3.8, 4) is 0 Å². The summed E-state index contributed by atoms with van der Waals surface area (Å²) in [4.78, 5) is 12.2. The predicted octanol–water partition coefficient (Wildman–Crippen LogP) is 1.06. The summed E-state index contributed by atoms with van der Waals surface area (Å²) >= 11 is 0. The molecule has 2 heterocycles. The van der Waals surface area contributed by atoms with Gasteiger partial charge in [-0.3, -0.25) is 4.79 Å².